The number of hydrogen-bond donors (Lipinski definition) is 2. The molecule has 2 N–H and O–H groups in total. The number of para-hydroxylation sites is 1. The van der Waals surface area contributed by atoms with Gasteiger partial charge in [-0.25, -0.2) is 12.8 Å². The van der Waals surface area contributed by atoms with Gasteiger partial charge in [0.25, 0.3) is 0 Å². The topological polar surface area (TPSA) is 96.6 Å². The fraction of sp³-hybridized carbons (Fsp3) is 0.100. The Morgan fingerprint density at radius 2 is 1.50 bits per heavy atom. The highest BCUT2D eigenvalue weighted by atomic mass is 32.2. The van der Waals surface area contributed by atoms with Crippen LogP contribution in [-0.4, -0.2) is 31.9 Å². The van der Waals surface area contributed by atoms with Gasteiger partial charge in [-0.2, -0.15) is 0 Å². The summed E-state index contributed by atoms with van der Waals surface area (Å²) in [6.07, 6.45) is 0.634. The Labute approximate surface area is 219 Å². The lowest BCUT2D eigenvalue weighted by molar-refractivity contribution is -0.135. The first-order chi connectivity index (χ1) is 18.3. The van der Waals surface area contributed by atoms with Crippen molar-refractivity contribution in [2.45, 2.75) is 11.3 Å². The molecule has 1 heterocycles. The smallest absolute Gasteiger partial charge is 0.317 e. The molecule has 0 fully saturated rings. The first kappa shape index (κ1) is 25.4. The summed E-state index contributed by atoms with van der Waals surface area (Å²) in [4.78, 5) is 10.1. The average molecular weight is 530 g/mol. The van der Waals surface area contributed by atoms with Crippen LogP contribution in [0.3, 0.4) is 0 Å². The van der Waals surface area contributed by atoms with Gasteiger partial charge in [-0.3, -0.25) is 10.1 Å². The van der Waals surface area contributed by atoms with E-state index in [-0.39, 0.29) is 0 Å². The number of rotatable bonds is 9. The number of carboxylic acids is 1. The zero-order valence-electron chi connectivity index (χ0n) is 20.2. The number of hydrogen-bond acceptors (Lipinski definition) is 5. The molecule has 0 spiro atoms. The number of sulfone groups is 1. The number of aliphatic carboxylic acids is 1. The second-order valence-corrected chi connectivity index (χ2v) is 10.8. The van der Waals surface area contributed by atoms with Crippen molar-refractivity contribution in [3.8, 4) is 22.3 Å². The van der Waals surface area contributed by atoms with Gasteiger partial charge in [0, 0.05) is 17.4 Å². The molecule has 0 unspecified atom stereocenters. The Balaban J connectivity index is 1.44. The highest BCUT2D eigenvalue weighted by molar-refractivity contribution is 7.91. The van der Waals surface area contributed by atoms with Crippen LogP contribution in [0.15, 0.2) is 106 Å². The highest BCUT2D eigenvalue weighted by Gasteiger charge is 2.20. The molecule has 5 aromatic rings. The van der Waals surface area contributed by atoms with E-state index in [0.29, 0.717) is 12.0 Å². The van der Waals surface area contributed by atoms with Gasteiger partial charge in [0.1, 0.15) is 27.9 Å². The Morgan fingerprint density at radius 3 is 2.21 bits per heavy atom. The van der Waals surface area contributed by atoms with Gasteiger partial charge in [-0.05, 0) is 40.5 Å². The highest BCUT2D eigenvalue weighted by Crippen LogP contribution is 2.37. The summed E-state index contributed by atoms with van der Waals surface area (Å²) in [6.45, 7) is -0.537. The zero-order valence-corrected chi connectivity index (χ0v) is 21.0. The second kappa shape index (κ2) is 10.6. The molecular formula is C30H24FNO5S. The van der Waals surface area contributed by atoms with E-state index in [9.17, 15) is 17.6 Å². The predicted molar refractivity (Wildman–Crippen MR) is 144 cm³/mol. The van der Waals surface area contributed by atoms with Crippen molar-refractivity contribution in [1.29, 1.82) is 0 Å². The van der Waals surface area contributed by atoms with E-state index in [1.54, 1.807) is 0 Å². The quantitative estimate of drug-likeness (QED) is 0.247. The van der Waals surface area contributed by atoms with E-state index in [1.165, 1.54) is 18.2 Å². The SMILES string of the molecule is O=C(O)CNCS(=O)(=O)c1ccc(-c2ccc(-c3c(Cc4ccccc4)oc4ccccc34)cc2)cc1F. The van der Waals surface area contributed by atoms with Crippen molar-refractivity contribution < 1.29 is 27.1 Å². The normalized spacial score (nSPS) is 11.6. The molecule has 6 nitrogen and oxygen atoms in total. The maximum atomic E-state index is 14.8. The summed E-state index contributed by atoms with van der Waals surface area (Å²) >= 11 is 0. The molecule has 38 heavy (non-hydrogen) atoms. The molecule has 192 valence electrons. The lowest BCUT2D eigenvalue weighted by atomic mass is 9.96. The molecule has 8 heteroatoms. The van der Waals surface area contributed by atoms with Crippen LogP contribution in [0.1, 0.15) is 11.3 Å². The van der Waals surface area contributed by atoms with Crippen LogP contribution >= 0.6 is 0 Å². The Hall–Kier alpha value is -4.27. The first-order valence-electron chi connectivity index (χ1n) is 11.9. The third-order valence-corrected chi connectivity index (χ3v) is 7.80. The third-order valence-electron chi connectivity index (χ3n) is 6.22. The monoisotopic (exact) mass is 529 g/mol. The van der Waals surface area contributed by atoms with Crippen LogP contribution < -0.4 is 5.32 Å². The van der Waals surface area contributed by atoms with Crippen LogP contribution in [0.4, 0.5) is 4.39 Å². The van der Waals surface area contributed by atoms with Crippen molar-refractivity contribution >= 4 is 26.8 Å². The Kier molecular flexibility index (Phi) is 7.09. The van der Waals surface area contributed by atoms with Crippen LogP contribution in [0, 0.1) is 5.82 Å². The van der Waals surface area contributed by atoms with Crippen molar-refractivity contribution in [3.63, 3.8) is 0 Å². The van der Waals surface area contributed by atoms with E-state index in [4.69, 9.17) is 9.52 Å². The molecule has 0 aliphatic heterocycles. The summed E-state index contributed by atoms with van der Waals surface area (Å²) in [6, 6.07) is 29.5. The van der Waals surface area contributed by atoms with E-state index in [0.717, 1.165) is 39.0 Å². The van der Waals surface area contributed by atoms with Gasteiger partial charge >= 0.3 is 5.97 Å². The molecule has 0 bridgehead atoms. The van der Waals surface area contributed by atoms with Gasteiger partial charge in [0.15, 0.2) is 9.84 Å². The molecule has 0 atom stereocenters. The molecule has 0 aliphatic carbocycles. The predicted octanol–water partition coefficient (Wildman–Crippen LogP) is 5.90. The van der Waals surface area contributed by atoms with Crippen molar-refractivity contribution in [3.05, 3.63) is 114 Å². The van der Waals surface area contributed by atoms with Gasteiger partial charge < -0.3 is 9.52 Å². The summed E-state index contributed by atoms with van der Waals surface area (Å²) in [5.41, 5.74) is 5.12. The minimum Gasteiger partial charge on any atom is -0.480 e. The molecule has 4 aromatic carbocycles. The van der Waals surface area contributed by atoms with Gasteiger partial charge in [-0.1, -0.05) is 78.9 Å². The van der Waals surface area contributed by atoms with Crippen molar-refractivity contribution in [2.75, 3.05) is 12.4 Å². The minimum absolute atomic E-state index is 0.480. The lowest BCUT2D eigenvalue weighted by Gasteiger charge is -2.09. The van der Waals surface area contributed by atoms with Crippen molar-refractivity contribution in [1.82, 2.24) is 5.32 Å². The molecule has 0 saturated carbocycles. The van der Waals surface area contributed by atoms with Gasteiger partial charge in [-0.15, -0.1) is 0 Å². The zero-order chi connectivity index (χ0) is 26.7. The minimum atomic E-state index is -4.03. The van der Waals surface area contributed by atoms with Crippen molar-refractivity contribution in [2.24, 2.45) is 0 Å². The van der Waals surface area contributed by atoms with Crippen LogP contribution in [0.25, 0.3) is 33.2 Å². The molecule has 0 saturated heterocycles. The number of carboxylic acid groups (broad SMARTS) is 1. The van der Waals surface area contributed by atoms with Gasteiger partial charge in [0.2, 0.25) is 0 Å². The number of furan rings is 1. The molecular weight excluding hydrogens is 505 g/mol. The molecule has 0 amide bonds. The van der Waals surface area contributed by atoms with Crippen LogP contribution in [0.5, 0.6) is 0 Å². The summed E-state index contributed by atoms with van der Waals surface area (Å²) in [7, 11) is -4.03. The standard InChI is InChI=1S/C30H24FNO5S/c31-25-17-23(14-15-28(25)38(35,36)19-32-18-29(33)34)21-10-12-22(13-11-21)30-24-8-4-5-9-26(24)37-27(30)16-20-6-2-1-3-7-20/h1-15,17,32H,16,18-19H2,(H,33,34). The molecule has 0 aliphatic rings. The van der Waals surface area contributed by atoms with E-state index in [1.807, 2.05) is 66.7 Å². The number of carbonyl (C=O) groups is 1. The molecule has 0 radical (unpaired) electrons. The summed E-state index contributed by atoms with van der Waals surface area (Å²) in [5, 5.41) is 12.0. The Morgan fingerprint density at radius 1 is 0.842 bits per heavy atom. The fourth-order valence-corrected chi connectivity index (χ4v) is 5.61. The summed E-state index contributed by atoms with van der Waals surface area (Å²) in [5.74, 6) is -1.92. The lowest BCUT2D eigenvalue weighted by Crippen LogP contribution is -2.28. The average Bonchev–Trinajstić information content (AvgIpc) is 3.26. The van der Waals surface area contributed by atoms with Gasteiger partial charge in [0.05, 0.1) is 6.54 Å². The number of halogens is 1. The maximum Gasteiger partial charge on any atom is 0.317 e. The van der Waals surface area contributed by atoms with Crippen LogP contribution in [-0.2, 0) is 21.1 Å². The maximum absolute atomic E-state index is 14.8. The number of fused-ring (bicyclic) bond motifs is 1. The summed E-state index contributed by atoms with van der Waals surface area (Å²) < 4.78 is 45.9. The van der Waals surface area contributed by atoms with E-state index >= 15 is 0 Å². The number of benzene rings is 4. The molecule has 5 rings (SSSR count). The third kappa shape index (κ3) is 5.37. The fourth-order valence-electron chi connectivity index (χ4n) is 4.45. The number of nitrogens with one attached hydrogen (secondary N) is 1. The van der Waals surface area contributed by atoms with Crippen LogP contribution in [0.2, 0.25) is 0 Å². The largest absolute Gasteiger partial charge is 0.480 e. The second-order valence-electron chi connectivity index (χ2n) is 8.86. The first-order valence-corrected chi connectivity index (χ1v) is 13.6. The van der Waals surface area contributed by atoms with E-state index < -0.39 is 38.9 Å². The Bertz CT molecular complexity index is 1710. The van der Waals surface area contributed by atoms with E-state index in [2.05, 4.69) is 17.4 Å². The molecule has 1 aromatic heterocycles.